The molecule has 0 aliphatic carbocycles. The van der Waals surface area contributed by atoms with Crippen molar-refractivity contribution in [1.82, 2.24) is 25.2 Å². The number of carbonyl (C=O) groups is 2. The number of alkyl halides is 3. The lowest BCUT2D eigenvalue weighted by Crippen LogP contribution is -2.57. The summed E-state index contributed by atoms with van der Waals surface area (Å²) in [6.45, 7) is 4.74. The Hall–Kier alpha value is -3.97. The molecule has 2 N–H and O–H groups in total. The molecule has 0 aromatic carbocycles. The van der Waals surface area contributed by atoms with Crippen molar-refractivity contribution in [3.05, 3.63) is 64.6 Å². The number of carboxylic acid groups (broad SMARTS) is 1. The number of aromatic nitrogens is 3. The van der Waals surface area contributed by atoms with Gasteiger partial charge in [-0.2, -0.15) is 13.2 Å². The van der Waals surface area contributed by atoms with Crippen molar-refractivity contribution in [3.8, 4) is 17.1 Å². The standard InChI is InChI=1S/C29H30ClF3N6O2.CH2O2/c1-2-41-26-19(4-3-11-36-26)22-6-5-20-24(37-22)27(40)39(18-7-12-34-16-18)17-28(20)9-14-38(15-10-28)25-23(29(31,32)33)21(30)8-13-35-25;2-1-3/h3-6,8,11,13,18,34H,2,7,9-10,12,14-17H2,1H3;1H,(H,2,3). The first-order valence-corrected chi connectivity index (χ1v) is 14.7. The molecule has 6 heterocycles. The summed E-state index contributed by atoms with van der Waals surface area (Å²) in [5.41, 5.74) is 1.14. The Morgan fingerprint density at radius 3 is 2.59 bits per heavy atom. The fourth-order valence-electron chi connectivity index (χ4n) is 6.36. The zero-order chi connectivity index (χ0) is 31.5. The van der Waals surface area contributed by atoms with E-state index in [1.807, 2.05) is 30.0 Å². The van der Waals surface area contributed by atoms with E-state index in [9.17, 15) is 18.0 Å². The lowest BCUT2D eigenvalue weighted by Gasteiger charge is -2.49. The predicted molar refractivity (Wildman–Crippen MR) is 157 cm³/mol. The number of ether oxygens (including phenoxy) is 1. The number of halogens is 4. The molecule has 3 aliphatic rings. The first kappa shape index (κ1) is 31.5. The minimum absolute atomic E-state index is 0.0276. The maximum atomic E-state index is 13.9. The van der Waals surface area contributed by atoms with Crippen molar-refractivity contribution in [1.29, 1.82) is 0 Å². The van der Waals surface area contributed by atoms with Crippen LogP contribution in [0.1, 0.15) is 47.8 Å². The molecule has 3 aromatic heterocycles. The smallest absolute Gasteiger partial charge is 0.421 e. The molecule has 2 fully saturated rings. The zero-order valence-corrected chi connectivity index (χ0v) is 24.7. The van der Waals surface area contributed by atoms with Crippen LogP contribution in [-0.2, 0) is 16.4 Å². The Balaban J connectivity index is 0.00000123. The van der Waals surface area contributed by atoms with E-state index in [1.54, 1.807) is 17.2 Å². The SMILES string of the molecule is CCOc1ncccc1-c1ccc2c(n1)C(=O)N(C1CCNC1)CC21CCN(c2nccc(Cl)c2C(F)(F)F)CC1.O=CO. The van der Waals surface area contributed by atoms with Gasteiger partial charge in [0, 0.05) is 50.0 Å². The lowest BCUT2D eigenvalue weighted by molar-refractivity contribution is -0.137. The van der Waals surface area contributed by atoms with E-state index >= 15 is 0 Å². The molecule has 6 rings (SSSR count). The first-order chi connectivity index (χ1) is 21.1. The van der Waals surface area contributed by atoms with Crippen LogP contribution in [0.4, 0.5) is 19.0 Å². The van der Waals surface area contributed by atoms with E-state index in [4.69, 9.17) is 31.2 Å². The van der Waals surface area contributed by atoms with E-state index in [-0.39, 0.29) is 29.3 Å². The number of nitrogens with one attached hydrogen (secondary N) is 1. The Morgan fingerprint density at radius 2 is 1.93 bits per heavy atom. The van der Waals surface area contributed by atoms with Crippen molar-refractivity contribution in [3.63, 3.8) is 0 Å². The molecule has 3 aliphatic heterocycles. The molecule has 1 unspecified atom stereocenters. The molecule has 1 amide bonds. The van der Waals surface area contributed by atoms with Gasteiger partial charge in [0.15, 0.2) is 0 Å². The molecular formula is C30H32ClF3N6O4. The van der Waals surface area contributed by atoms with Crippen molar-refractivity contribution >= 4 is 29.8 Å². The largest absolute Gasteiger partial charge is 0.483 e. The number of anilines is 1. The number of hydrogen-bond acceptors (Lipinski definition) is 8. The minimum Gasteiger partial charge on any atom is -0.483 e. The van der Waals surface area contributed by atoms with Crippen LogP contribution < -0.4 is 15.0 Å². The minimum atomic E-state index is -4.63. The first-order valence-electron chi connectivity index (χ1n) is 14.3. The second-order valence-electron chi connectivity index (χ2n) is 10.8. The van der Waals surface area contributed by atoms with Crippen molar-refractivity contribution in [2.75, 3.05) is 44.2 Å². The number of nitrogens with zero attached hydrogens (tertiary/aromatic N) is 5. The van der Waals surface area contributed by atoms with Crippen LogP contribution in [0.5, 0.6) is 5.88 Å². The van der Waals surface area contributed by atoms with Crippen LogP contribution in [0.3, 0.4) is 0 Å². The highest BCUT2D eigenvalue weighted by Gasteiger charge is 2.49. The average Bonchev–Trinajstić information content (AvgIpc) is 3.54. The van der Waals surface area contributed by atoms with Crippen LogP contribution in [0, 0.1) is 0 Å². The summed E-state index contributed by atoms with van der Waals surface area (Å²) in [7, 11) is 0. The van der Waals surface area contributed by atoms with Crippen LogP contribution in [-0.4, -0.2) is 82.7 Å². The van der Waals surface area contributed by atoms with Crippen LogP contribution in [0.2, 0.25) is 5.02 Å². The monoisotopic (exact) mass is 632 g/mol. The Kier molecular flexibility index (Phi) is 9.26. The second-order valence-corrected chi connectivity index (χ2v) is 11.2. The van der Waals surface area contributed by atoms with Gasteiger partial charge in [0.25, 0.3) is 12.4 Å². The van der Waals surface area contributed by atoms with Crippen LogP contribution in [0.15, 0.2) is 42.7 Å². The number of hydrogen-bond donors (Lipinski definition) is 2. The quantitative estimate of drug-likeness (QED) is 0.387. The summed E-state index contributed by atoms with van der Waals surface area (Å²) in [5, 5.41) is 9.87. The maximum absolute atomic E-state index is 13.9. The third kappa shape index (κ3) is 6.03. The molecule has 1 atom stereocenters. The van der Waals surface area contributed by atoms with Crippen LogP contribution in [0.25, 0.3) is 11.3 Å². The molecule has 10 nitrogen and oxygen atoms in total. The van der Waals surface area contributed by atoms with E-state index < -0.39 is 17.2 Å². The normalized spacial score (nSPS) is 19.3. The number of pyridine rings is 3. The highest BCUT2D eigenvalue weighted by molar-refractivity contribution is 6.31. The van der Waals surface area contributed by atoms with Crippen LogP contribution >= 0.6 is 11.6 Å². The Morgan fingerprint density at radius 1 is 1.18 bits per heavy atom. The molecule has 14 heteroatoms. The number of fused-ring (bicyclic) bond motifs is 2. The molecule has 1 spiro atoms. The average molecular weight is 633 g/mol. The number of piperidine rings is 1. The van der Waals surface area contributed by atoms with E-state index in [0.29, 0.717) is 68.5 Å². The zero-order valence-electron chi connectivity index (χ0n) is 24.0. The van der Waals surface area contributed by atoms with Gasteiger partial charge in [0.05, 0.1) is 22.9 Å². The molecule has 3 aromatic rings. The summed E-state index contributed by atoms with van der Waals surface area (Å²) in [6.07, 6.45) is 0.233. The van der Waals surface area contributed by atoms with E-state index in [0.717, 1.165) is 24.6 Å². The topological polar surface area (TPSA) is 121 Å². The number of carbonyl (C=O) groups excluding carboxylic acids is 1. The van der Waals surface area contributed by atoms with E-state index in [2.05, 4.69) is 15.3 Å². The number of amides is 1. The van der Waals surface area contributed by atoms with Crippen molar-refractivity contribution < 1.29 is 32.6 Å². The fraction of sp³-hybridized carbons (Fsp3) is 0.433. The molecule has 2 saturated heterocycles. The van der Waals surface area contributed by atoms with Gasteiger partial charge in [-0.15, -0.1) is 0 Å². The second kappa shape index (κ2) is 12.9. The summed E-state index contributed by atoms with van der Waals surface area (Å²) < 4.78 is 47.4. The van der Waals surface area contributed by atoms with Gasteiger partial charge in [-0.25, -0.2) is 15.0 Å². The predicted octanol–water partition coefficient (Wildman–Crippen LogP) is 4.67. The summed E-state index contributed by atoms with van der Waals surface area (Å²) in [4.78, 5) is 39.2. The van der Waals surface area contributed by atoms with Gasteiger partial charge < -0.3 is 25.0 Å². The van der Waals surface area contributed by atoms with Crippen molar-refractivity contribution in [2.24, 2.45) is 0 Å². The molecule has 0 bridgehead atoms. The van der Waals surface area contributed by atoms with Gasteiger partial charge in [-0.05, 0) is 62.6 Å². The Bertz CT molecular complexity index is 1510. The van der Waals surface area contributed by atoms with Gasteiger partial charge in [-0.3, -0.25) is 9.59 Å². The summed E-state index contributed by atoms with van der Waals surface area (Å²) in [5.74, 6) is 0.165. The summed E-state index contributed by atoms with van der Waals surface area (Å²) in [6, 6.07) is 8.69. The lowest BCUT2D eigenvalue weighted by atomic mass is 9.69. The summed E-state index contributed by atoms with van der Waals surface area (Å²) >= 11 is 5.99. The van der Waals surface area contributed by atoms with Crippen molar-refractivity contribution in [2.45, 2.75) is 43.8 Å². The number of rotatable bonds is 5. The Labute approximate surface area is 257 Å². The molecule has 234 valence electrons. The molecular weight excluding hydrogens is 601 g/mol. The molecule has 0 radical (unpaired) electrons. The van der Waals surface area contributed by atoms with Gasteiger partial charge in [0.1, 0.15) is 17.1 Å². The third-order valence-electron chi connectivity index (χ3n) is 8.39. The highest BCUT2D eigenvalue weighted by Crippen LogP contribution is 2.46. The highest BCUT2D eigenvalue weighted by atomic mass is 35.5. The third-order valence-corrected chi connectivity index (χ3v) is 8.70. The maximum Gasteiger partial charge on any atom is 0.421 e. The molecule has 44 heavy (non-hydrogen) atoms. The van der Waals surface area contributed by atoms with Gasteiger partial charge >= 0.3 is 6.18 Å². The fourth-order valence-corrected chi connectivity index (χ4v) is 6.61. The van der Waals surface area contributed by atoms with E-state index in [1.165, 1.54) is 6.20 Å². The van der Waals surface area contributed by atoms with Gasteiger partial charge in [0.2, 0.25) is 5.88 Å². The van der Waals surface area contributed by atoms with Gasteiger partial charge in [-0.1, -0.05) is 17.7 Å². The molecule has 0 saturated carbocycles.